The number of thioether (sulfide) groups is 3. The van der Waals surface area contributed by atoms with E-state index in [4.69, 9.17) is 4.42 Å². The zero-order valence-electron chi connectivity index (χ0n) is 16.2. The third-order valence-corrected chi connectivity index (χ3v) is 6.41. The minimum Gasteiger partial charge on any atom is -0.431 e. The number of carbonyl (C=O) groups is 1. The van der Waals surface area contributed by atoms with Gasteiger partial charge in [0.15, 0.2) is 5.58 Å². The number of rotatable bonds is 9. The van der Waals surface area contributed by atoms with E-state index in [0.717, 1.165) is 51.0 Å². The molecule has 1 amide bonds. The van der Waals surface area contributed by atoms with Gasteiger partial charge in [-0.1, -0.05) is 23.9 Å². The molecule has 0 fully saturated rings. The maximum absolute atomic E-state index is 12.4. The van der Waals surface area contributed by atoms with Crippen LogP contribution in [-0.4, -0.2) is 34.1 Å². The van der Waals surface area contributed by atoms with Gasteiger partial charge in [-0.25, -0.2) is 9.97 Å². The van der Waals surface area contributed by atoms with Crippen LogP contribution in [0.2, 0.25) is 0 Å². The van der Waals surface area contributed by atoms with Crippen molar-refractivity contribution in [3.63, 3.8) is 0 Å². The molecule has 148 valence electrons. The van der Waals surface area contributed by atoms with Crippen molar-refractivity contribution in [3.05, 3.63) is 36.0 Å². The first-order valence-corrected chi connectivity index (χ1v) is 12.4. The Labute approximate surface area is 177 Å². The van der Waals surface area contributed by atoms with Crippen LogP contribution in [0.4, 0.5) is 5.69 Å². The first-order chi connectivity index (χ1) is 13.6. The molecule has 3 aromatic rings. The zero-order chi connectivity index (χ0) is 19.9. The summed E-state index contributed by atoms with van der Waals surface area (Å²) in [5.41, 5.74) is 3.48. The molecule has 0 radical (unpaired) electrons. The largest absolute Gasteiger partial charge is 0.431 e. The van der Waals surface area contributed by atoms with Gasteiger partial charge in [0, 0.05) is 22.8 Å². The number of carbonyl (C=O) groups excluding carboxylic acids is 1. The van der Waals surface area contributed by atoms with Gasteiger partial charge in [0.05, 0.1) is 5.69 Å². The summed E-state index contributed by atoms with van der Waals surface area (Å²) in [5.74, 6) is 0.904. The maximum atomic E-state index is 12.4. The minimum absolute atomic E-state index is 0.0307. The number of nitrogens with zero attached hydrogens (tertiary/aromatic N) is 2. The van der Waals surface area contributed by atoms with E-state index in [1.165, 1.54) is 0 Å². The van der Waals surface area contributed by atoms with Crippen LogP contribution in [0.1, 0.15) is 25.0 Å². The molecule has 8 heteroatoms. The Morgan fingerprint density at radius 2 is 1.96 bits per heavy atom. The molecule has 3 rings (SSSR count). The van der Waals surface area contributed by atoms with Crippen molar-refractivity contribution in [3.8, 4) is 0 Å². The Morgan fingerprint density at radius 1 is 1.14 bits per heavy atom. The average molecular weight is 434 g/mol. The summed E-state index contributed by atoms with van der Waals surface area (Å²) >= 11 is 4.77. The predicted molar refractivity (Wildman–Crippen MR) is 120 cm³/mol. The molecule has 0 spiro atoms. The van der Waals surface area contributed by atoms with E-state index in [-0.39, 0.29) is 5.91 Å². The molecule has 0 atom stereocenters. The van der Waals surface area contributed by atoms with Gasteiger partial charge in [-0.3, -0.25) is 4.79 Å². The molecule has 28 heavy (non-hydrogen) atoms. The molecule has 1 N–H and O–H groups in total. The van der Waals surface area contributed by atoms with Gasteiger partial charge in [-0.05, 0) is 50.5 Å². The molecular weight excluding hydrogens is 410 g/mol. The van der Waals surface area contributed by atoms with E-state index in [9.17, 15) is 4.79 Å². The molecule has 0 saturated heterocycles. The number of unbranched alkanes of at least 4 members (excludes halogenated alkanes) is 1. The third-order valence-electron chi connectivity index (χ3n) is 4.05. The summed E-state index contributed by atoms with van der Waals surface area (Å²) in [4.78, 5) is 22.4. The smallest absolute Gasteiger partial charge is 0.256 e. The molecule has 0 unspecified atom stereocenters. The highest BCUT2D eigenvalue weighted by atomic mass is 32.2. The highest BCUT2D eigenvalue weighted by Crippen LogP contribution is 2.33. The van der Waals surface area contributed by atoms with Crippen LogP contribution < -0.4 is 5.32 Å². The highest BCUT2D eigenvalue weighted by Gasteiger charge is 2.13. The molecule has 2 heterocycles. The van der Waals surface area contributed by atoms with Crippen molar-refractivity contribution >= 4 is 58.0 Å². The lowest BCUT2D eigenvalue weighted by molar-refractivity contribution is -0.116. The molecule has 0 saturated carbocycles. The zero-order valence-corrected chi connectivity index (χ0v) is 18.6. The fraction of sp³-hybridized carbons (Fsp3) is 0.350. The van der Waals surface area contributed by atoms with Crippen molar-refractivity contribution in [2.45, 2.75) is 41.3 Å². The van der Waals surface area contributed by atoms with Gasteiger partial charge in [0.1, 0.15) is 10.5 Å². The van der Waals surface area contributed by atoms with Crippen LogP contribution in [0.3, 0.4) is 0 Å². The Bertz CT molecular complexity index is 901. The molecule has 0 aliphatic carbocycles. The van der Waals surface area contributed by atoms with Crippen molar-refractivity contribution in [1.82, 2.24) is 9.97 Å². The number of anilines is 1. The SMILES string of the molecule is CSc1cc(C)nc(SC)c1NC(=O)CCCCSc1nc2ccccc2o1. The van der Waals surface area contributed by atoms with E-state index in [1.54, 1.807) is 35.3 Å². The van der Waals surface area contributed by atoms with Crippen LogP contribution in [0.15, 0.2) is 49.9 Å². The number of aryl methyl sites for hydroxylation is 1. The van der Waals surface area contributed by atoms with Crippen LogP contribution in [-0.2, 0) is 4.79 Å². The summed E-state index contributed by atoms with van der Waals surface area (Å²) in [6.45, 7) is 1.97. The number of pyridine rings is 1. The second-order valence-electron chi connectivity index (χ2n) is 6.15. The Hall–Kier alpha value is -1.64. The van der Waals surface area contributed by atoms with E-state index >= 15 is 0 Å². The Balaban J connectivity index is 1.46. The van der Waals surface area contributed by atoms with Gasteiger partial charge >= 0.3 is 0 Å². The van der Waals surface area contributed by atoms with Crippen molar-refractivity contribution in [1.29, 1.82) is 0 Å². The number of oxazole rings is 1. The van der Waals surface area contributed by atoms with Crippen LogP contribution in [0.5, 0.6) is 0 Å². The van der Waals surface area contributed by atoms with Crippen LogP contribution in [0.25, 0.3) is 11.1 Å². The van der Waals surface area contributed by atoms with Gasteiger partial charge < -0.3 is 9.73 Å². The van der Waals surface area contributed by atoms with Crippen molar-refractivity contribution in [2.75, 3.05) is 23.6 Å². The normalized spacial score (nSPS) is 11.1. The summed E-state index contributed by atoms with van der Waals surface area (Å²) in [7, 11) is 0. The number of aromatic nitrogens is 2. The van der Waals surface area contributed by atoms with E-state index in [0.29, 0.717) is 11.6 Å². The quantitative estimate of drug-likeness (QED) is 0.334. The molecule has 2 aromatic heterocycles. The number of hydrogen-bond acceptors (Lipinski definition) is 7. The second-order valence-corrected chi connectivity index (χ2v) is 8.84. The Morgan fingerprint density at radius 3 is 2.71 bits per heavy atom. The van der Waals surface area contributed by atoms with Gasteiger partial charge in [0.25, 0.3) is 5.22 Å². The summed E-state index contributed by atoms with van der Waals surface area (Å²) < 4.78 is 5.70. The monoisotopic (exact) mass is 433 g/mol. The lowest BCUT2D eigenvalue weighted by atomic mass is 10.2. The maximum Gasteiger partial charge on any atom is 0.256 e. The standard InChI is InChI=1S/C20H23N3O2S3/c1-13-12-16(26-2)18(19(21-13)27-3)23-17(24)10-6-7-11-28-20-22-14-8-4-5-9-15(14)25-20/h4-5,8-9,12H,6-7,10-11H2,1-3H3,(H,23,24). The first kappa shape index (κ1) is 21.1. The van der Waals surface area contributed by atoms with Gasteiger partial charge in [0.2, 0.25) is 5.91 Å². The molecule has 5 nitrogen and oxygen atoms in total. The first-order valence-electron chi connectivity index (χ1n) is 8.98. The van der Waals surface area contributed by atoms with E-state index in [2.05, 4.69) is 15.3 Å². The third kappa shape index (κ3) is 5.46. The van der Waals surface area contributed by atoms with Gasteiger partial charge in [-0.15, -0.1) is 23.5 Å². The predicted octanol–water partition coefficient (Wildman–Crippen LogP) is 5.88. The molecule has 0 bridgehead atoms. The topological polar surface area (TPSA) is 68.0 Å². The second kappa shape index (κ2) is 10.2. The number of hydrogen-bond donors (Lipinski definition) is 1. The van der Waals surface area contributed by atoms with Crippen molar-refractivity contribution in [2.24, 2.45) is 0 Å². The molecule has 0 aliphatic heterocycles. The number of fused-ring (bicyclic) bond motifs is 1. The summed E-state index contributed by atoms with van der Waals surface area (Å²) in [6, 6.07) is 9.76. The van der Waals surface area contributed by atoms with Crippen LogP contribution in [0, 0.1) is 6.92 Å². The average Bonchev–Trinajstić information content (AvgIpc) is 3.11. The lowest BCUT2D eigenvalue weighted by Gasteiger charge is -2.13. The summed E-state index contributed by atoms with van der Waals surface area (Å²) in [5, 5.41) is 4.60. The number of benzene rings is 1. The number of nitrogens with one attached hydrogen (secondary N) is 1. The number of amides is 1. The molecular formula is C20H23N3O2S3. The lowest BCUT2D eigenvalue weighted by Crippen LogP contribution is -2.13. The van der Waals surface area contributed by atoms with Crippen LogP contribution >= 0.6 is 35.3 Å². The van der Waals surface area contributed by atoms with Crippen molar-refractivity contribution < 1.29 is 9.21 Å². The Kier molecular flexibility index (Phi) is 7.70. The summed E-state index contributed by atoms with van der Waals surface area (Å²) in [6.07, 6.45) is 6.22. The van der Waals surface area contributed by atoms with E-state index < -0.39 is 0 Å². The fourth-order valence-electron chi connectivity index (χ4n) is 2.70. The molecule has 0 aliphatic rings. The van der Waals surface area contributed by atoms with Gasteiger partial charge in [-0.2, -0.15) is 0 Å². The minimum atomic E-state index is 0.0307. The molecule has 1 aromatic carbocycles. The highest BCUT2D eigenvalue weighted by molar-refractivity contribution is 7.99. The van der Waals surface area contributed by atoms with E-state index in [1.807, 2.05) is 49.8 Å². The number of para-hydroxylation sites is 2. The fourth-order valence-corrected chi connectivity index (χ4v) is 4.84.